The van der Waals surface area contributed by atoms with Crippen LogP contribution in [0.2, 0.25) is 0 Å². The van der Waals surface area contributed by atoms with E-state index in [1.54, 1.807) is 33.3 Å². The van der Waals surface area contributed by atoms with Crippen LogP contribution in [0.5, 0.6) is 11.5 Å². The van der Waals surface area contributed by atoms with Crippen LogP contribution >= 0.6 is 0 Å². The largest absolute Gasteiger partial charge is 0.497 e. The van der Waals surface area contributed by atoms with Crippen LogP contribution in [0.15, 0.2) is 27.8 Å². The maximum Gasteiger partial charge on any atom is 0.325 e. The molecule has 0 spiro atoms. The number of aromatic amines is 2. The second-order valence-corrected chi connectivity index (χ2v) is 5.91. The Kier molecular flexibility index (Phi) is 6.21. The van der Waals surface area contributed by atoms with Crippen molar-refractivity contribution in [2.24, 2.45) is 0 Å². The number of hydrogen-bond donors (Lipinski definition) is 3. The number of carbonyl (C=O) groups excluding carboxylic acids is 1. The van der Waals surface area contributed by atoms with Gasteiger partial charge in [0.2, 0.25) is 5.91 Å². The van der Waals surface area contributed by atoms with Crippen molar-refractivity contribution in [3.05, 3.63) is 55.9 Å². The van der Waals surface area contributed by atoms with Gasteiger partial charge >= 0.3 is 5.69 Å². The molecule has 3 N–H and O–H groups in total. The van der Waals surface area contributed by atoms with Gasteiger partial charge in [-0.2, -0.15) is 0 Å². The summed E-state index contributed by atoms with van der Waals surface area (Å²) in [5, 5.41) is 2.88. The Bertz CT molecular complexity index is 900. The number of aromatic nitrogens is 2. The lowest BCUT2D eigenvalue weighted by Crippen LogP contribution is -2.30. The zero-order chi connectivity index (χ0) is 19.3. The molecular weight excluding hydrogens is 338 g/mol. The predicted molar refractivity (Wildman–Crippen MR) is 96.8 cm³/mol. The zero-order valence-electron chi connectivity index (χ0n) is 15.3. The lowest BCUT2D eigenvalue weighted by Gasteiger charge is -2.18. The SMILES string of the molecule is COc1ccc(C(C)NC(=O)CCc2c(C)[nH]c(=O)[nH]c2=O)c(OC)c1. The smallest absolute Gasteiger partial charge is 0.325 e. The van der Waals surface area contributed by atoms with E-state index in [9.17, 15) is 14.4 Å². The van der Waals surface area contributed by atoms with Gasteiger partial charge in [-0.05, 0) is 32.4 Å². The number of rotatable bonds is 7. The van der Waals surface area contributed by atoms with Crippen molar-refractivity contribution in [3.8, 4) is 11.5 Å². The molecule has 1 amide bonds. The summed E-state index contributed by atoms with van der Waals surface area (Å²) >= 11 is 0. The summed E-state index contributed by atoms with van der Waals surface area (Å²) in [6.07, 6.45) is 0.356. The van der Waals surface area contributed by atoms with Crippen LogP contribution in [-0.2, 0) is 11.2 Å². The molecule has 0 bridgehead atoms. The molecule has 1 aromatic heterocycles. The van der Waals surface area contributed by atoms with Crippen LogP contribution in [-0.4, -0.2) is 30.1 Å². The number of hydrogen-bond acceptors (Lipinski definition) is 5. The average molecular weight is 361 g/mol. The van der Waals surface area contributed by atoms with Gasteiger partial charge in [-0.25, -0.2) is 4.79 Å². The van der Waals surface area contributed by atoms with E-state index in [4.69, 9.17) is 9.47 Å². The van der Waals surface area contributed by atoms with E-state index in [2.05, 4.69) is 15.3 Å². The molecular formula is C18H23N3O5. The number of benzene rings is 1. The summed E-state index contributed by atoms with van der Waals surface area (Å²) in [4.78, 5) is 40.0. The molecule has 0 aliphatic rings. The first-order valence-electron chi connectivity index (χ1n) is 8.19. The number of H-pyrrole nitrogens is 2. The maximum atomic E-state index is 12.3. The molecule has 2 rings (SSSR count). The Morgan fingerprint density at radius 1 is 1.19 bits per heavy atom. The van der Waals surface area contributed by atoms with E-state index in [0.29, 0.717) is 22.8 Å². The van der Waals surface area contributed by atoms with Crippen LogP contribution < -0.4 is 26.0 Å². The van der Waals surface area contributed by atoms with E-state index < -0.39 is 11.2 Å². The summed E-state index contributed by atoms with van der Waals surface area (Å²) in [5.74, 6) is 1.07. The molecule has 1 unspecified atom stereocenters. The predicted octanol–water partition coefficient (Wildman–Crippen LogP) is 1.20. The minimum Gasteiger partial charge on any atom is -0.497 e. The fraction of sp³-hybridized carbons (Fsp3) is 0.389. The fourth-order valence-corrected chi connectivity index (χ4v) is 2.73. The molecule has 0 aliphatic carbocycles. The summed E-state index contributed by atoms with van der Waals surface area (Å²) in [7, 11) is 3.12. The van der Waals surface area contributed by atoms with Gasteiger partial charge < -0.3 is 19.8 Å². The standard InChI is InChI=1S/C18H23N3O5/c1-10(13-6-5-12(25-3)9-15(13)26-4)19-16(22)8-7-14-11(2)20-18(24)21-17(14)23/h5-6,9-10H,7-8H2,1-4H3,(H,19,22)(H2,20,21,23,24). The highest BCUT2D eigenvalue weighted by Crippen LogP contribution is 2.29. The first-order valence-corrected chi connectivity index (χ1v) is 8.19. The molecule has 0 saturated heterocycles. The van der Waals surface area contributed by atoms with Gasteiger partial charge in [-0.1, -0.05) is 0 Å². The van der Waals surface area contributed by atoms with Crippen LogP contribution in [0.4, 0.5) is 0 Å². The first-order chi connectivity index (χ1) is 12.3. The zero-order valence-corrected chi connectivity index (χ0v) is 15.3. The first kappa shape index (κ1) is 19.3. The minimum absolute atomic E-state index is 0.124. The number of carbonyl (C=O) groups is 1. The van der Waals surface area contributed by atoms with E-state index in [1.165, 1.54) is 0 Å². The van der Waals surface area contributed by atoms with Gasteiger partial charge in [-0.15, -0.1) is 0 Å². The summed E-state index contributed by atoms with van der Waals surface area (Å²) in [6.45, 7) is 3.48. The van der Waals surface area contributed by atoms with Gasteiger partial charge in [-0.3, -0.25) is 14.6 Å². The molecule has 2 aromatic rings. The lowest BCUT2D eigenvalue weighted by atomic mass is 10.1. The normalized spacial score (nSPS) is 11.7. The monoisotopic (exact) mass is 361 g/mol. The van der Waals surface area contributed by atoms with Gasteiger partial charge in [0, 0.05) is 29.3 Å². The Labute approximate surface area is 150 Å². The topological polar surface area (TPSA) is 113 Å². The number of nitrogens with one attached hydrogen (secondary N) is 3. The highest BCUT2D eigenvalue weighted by atomic mass is 16.5. The van der Waals surface area contributed by atoms with Crippen LogP contribution in [0.3, 0.4) is 0 Å². The molecule has 8 heteroatoms. The van der Waals surface area contributed by atoms with Crippen molar-refractivity contribution in [2.45, 2.75) is 32.7 Å². The van der Waals surface area contributed by atoms with Gasteiger partial charge in [0.25, 0.3) is 5.56 Å². The van der Waals surface area contributed by atoms with Crippen LogP contribution in [0, 0.1) is 6.92 Å². The van der Waals surface area contributed by atoms with Gasteiger partial charge in [0.05, 0.1) is 20.3 Å². The highest BCUT2D eigenvalue weighted by molar-refractivity contribution is 5.76. The van der Waals surface area contributed by atoms with Crippen LogP contribution in [0.25, 0.3) is 0 Å². The van der Waals surface area contributed by atoms with Crippen molar-refractivity contribution < 1.29 is 14.3 Å². The number of methoxy groups -OCH3 is 2. The third-order valence-corrected chi connectivity index (χ3v) is 4.14. The average Bonchev–Trinajstić information content (AvgIpc) is 2.59. The molecule has 0 fully saturated rings. The minimum atomic E-state index is -0.555. The van der Waals surface area contributed by atoms with Crippen molar-refractivity contribution in [1.29, 1.82) is 0 Å². The fourth-order valence-electron chi connectivity index (χ4n) is 2.73. The molecule has 1 atom stereocenters. The molecule has 26 heavy (non-hydrogen) atoms. The van der Waals surface area contributed by atoms with Gasteiger partial charge in [0.15, 0.2) is 0 Å². The van der Waals surface area contributed by atoms with Gasteiger partial charge in [0.1, 0.15) is 11.5 Å². The van der Waals surface area contributed by atoms with E-state index >= 15 is 0 Å². The summed E-state index contributed by atoms with van der Waals surface area (Å²) in [5.41, 5.74) is 0.662. The highest BCUT2D eigenvalue weighted by Gasteiger charge is 2.16. The second-order valence-electron chi connectivity index (χ2n) is 5.91. The second kappa shape index (κ2) is 8.37. The van der Waals surface area contributed by atoms with Crippen molar-refractivity contribution in [2.75, 3.05) is 14.2 Å². The molecule has 0 aliphatic heterocycles. The number of ether oxygens (including phenoxy) is 2. The number of aryl methyl sites for hydroxylation is 1. The summed E-state index contributed by atoms with van der Waals surface area (Å²) in [6, 6.07) is 5.10. The molecule has 0 radical (unpaired) electrons. The molecule has 0 saturated carbocycles. The Morgan fingerprint density at radius 3 is 2.54 bits per heavy atom. The quantitative estimate of drug-likeness (QED) is 0.686. The van der Waals surface area contributed by atoms with E-state index in [1.807, 2.05) is 13.0 Å². The maximum absolute atomic E-state index is 12.3. The van der Waals surface area contributed by atoms with Crippen molar-refractivity contribution in [3.63, 3.8) is 0 Å². The van der Waals surface area contributed by atoms with Crippen molar-refractivity contribution >= 4 is 5.91 Å². The third kappa shape index (κ3) is 4.53. The Morgan fingerprint density at radius 2 is 1.92 bits per heavy atom. The van der Waals surface area contributed by atoms with Crippen molar-refractivity contribution in [1.82, 2.24) is 15.3 Å². The molecule has 1 aromatic carbocycles. The molecule has 8 nitrogen and oxygen atoms in total. The van der Waals surface area contributed by atoms with E-state index in [0.717, 1.165) is 5.56 Å². The lowest BCUT2D eigenvalue weighted by molar-refractivity contribution is -0.121. The Hall–Kier alpha value is -3.03. The van der Waals surface area contributed by atoms with E-state index in [-0.39, 0.29) is 24.8 Å². The number of amides is 1. The third-order valence-electron chi connectivity index (χ3n) is 4.14. The molecule has 1 heterocycles. The Balaban J connectivity index is 2.04. The van der Waals surface area contributed by atoms with Crippen LogP contribution in [0.1, 0.15) is 36.2 Å². The molecule has 140 valence electrons. The summed E-state index contributed by atoms with van der Waals surface area (Å²) < 4.78 is 10.5.